The molecule has 4 heterocycles. The highest BCUT2D eigenvalue weighted by Gasteiger charge is 2.28. The van der Waals surface area contributed by atoms with E-state index in [0.29, 0.717) is 28.6 Å². The Labute approximate surface area is 284 Å². The Bertz CT molecular complexity index is 2110. The molecule has 6 rings (SSSR count). The molecule has 0 saturated carbocycles. The summed E-state index contributed by atoms with van der Waals surface area (Å²) in [5.41, 5.74) is 10.0. The van der Waals surface area contributed by atoms with E-state index in [9.17, 15) is 9.59 Å². The van der Waals surface area contributed by atoms with Crippen LogP contribution >= 0.6 is 0 Å². The summed E-state index contributed by atoms with van der Waals surface area (Å²) < 4.78 is 16.2. The molecule has 0 bridgehead atoms. The molecule has 0 fully saturated rings. The fourth-order valence-corrected chi connectivity index (χ4v) is 5.89. The first-order chi connectivity index (χ1) is 23.5. The van der Waals surface area contributed by atoms with Crippen molar-refractivity contribution in [1.29, 1.82) is 0 Å². The third-order valence-corrected chi connectivity index (χ3v) is 8.48. The van der Waals surface area contributed by atoms with Gasteiger partial charge in [-0.25, -0.2) is 4.79 Å². The predicted molar refractivity (Wildman–Crippen MR) is 186 cm³/mol. The maximum absolute atomic E-state index is 14.0. The molecule has 0 radical (unpaired) electrons. The average molecular weight is 662 g/mol. The zero-order valence-electron chi connectivity index (χ0n) is 28.7. The lowest BCUT2D eigenvalue weighted by atomic mass is 10.1. The number of hydrogen-bond donors (Lipinski definition) is 4. The van der Waals surface area contributed by atoms with Crippen LogP contribution in [-0.2, 0) is 14.1 Å². The third kappa shape index (κ3) is 6.71. The van der Waals surface area contributed by atoms with E-state index in [-0.39, 0.29) is 23.8 Å². The Balaban J connectivity index is 1.31. The fraction of sp³-hybridized carbons (Fsp3) is 0.243. The lowest BCUT2D eigenvalue weighted by Crippen LogP contribution is -2.47. The van der Waals surface area contributed by atoms with E-state index in [1.807, 2.05) is 121 Å². The molecule has 6 aromatic rings. The van der Waals surface area contributed by atoms with Gasteiger partial charge in [-0.2, -0.15) is 9.78 Å². The van der Waals surface area contributed by atoms with Crippen LogP contribution < -0.4 is 24.9 Å². The minimum Gasteiger partial charge on any atom is -0.484 e. The maximum Gasteiger partial charge on any atom is 0.377 e. The largest absolute Gasteiger partial charge is 0.484 e. The quantitative estimate of drug-likeness (QED) is 0.133. The zero-order valence-corrected chi connectivity index (χ0v) is 28.7. The molecule has 0 aliphatic rings. The van der Waals surface area contributed by atoms with E-state index < -0.39 is 5.91 Å². The first kappa shape index (κ1) is 32.9. The zero-order chi connectivity index (χ0) is 34.8. The molecule has 1 unspecified atom stereocenters. The van der Waals surface area contributed by atoms with Crippen molar-refractivity contribution in [3.63, 3.8) is 0 Å². The number of nitrogens with zero attached hydrogens (tertiary/aromatic N) is 4. The molecule has 49 heavy (non-hydrogen) atoms. The molecule has 0 aliphatic heterocycles. The summed E-state index contributed by atoms with van der Waals surface area (Å²) in [5.74, 6) is 0.111. The van der Waals surface area contributed by atoms with Gasteiger partial charge in [0.1, 0.15) is 30.6 Å². The van der Waals surface area contributed by atoms with Gasteiger partial charge >= 0.3 is 5.91 Å². The Hall–Kier alpha value is -6.04. The van der Waals surface area contributed by atoms with E-state index in [1.165, 1.54) is 0 Å². The molecule has 2 amide bonds. The number of H-pyrrole nitrogens is 2. The van der Waals surface area contributed by atoms with Gasteiger partial charge in [0.05, 0.1) is 22.8 Å². The van der Waals surface area contributed by atoms with E-state index in [4.69, 9.17) is 9.47 Å². The molecule has 0 aliphatic carbocycles. The maximum atomic E-state index is 14.0. The number of carbonyl (C=O) groups is 2. The van der Waals surface area contributed by atoms with Crippen molar-refractivity contribution in [2.24, 2.45) is 14.1 Å². The second-order valence-electron chi connectivity index (χ2n) is 12.0. The van der Waals surface area contributed by atoms with Crippen LogP contribution in [-0.4, -0.2) is 43.4 Å². The highest BCUT2D eigenvalue weighted by molar-refractivity contribution is 6.01. The van der Waals surface area contributed by atoms with E-state index in [0.717, 1.165) is 33.9 Å². The van der Waals surface area contributed by atoms with Gasteiger partial charge in [-0.15, -0.1) is 5.43 Å². The molecule has 4 N–H and O–H groups in total. The van der Waals surface area contributed by atoms with Crippen molar-refractivity contribution in [2.75, 3.05) is 12.5 Å². The van der Waals surface area contributed by atoms with Gasteiger partial charge in [0.25, 0.3) is 5.91 Å². The molecule has 0 spiro atoms. The number of benzene rings is 2. The third-order valence-electron chi connectivity index (χ3n) is 8.48. The summed E-state index contributed by atoms with van der Waals surface area (Å²) in [6, 6.07) is 27.1. The molecule has 2 aromatic carbocycles. The Morgan fingerprint density at radius 2 is 1.33 bits per heavy atom. The number of aromatic nitrogens is 6. The van der Waals surface area contributed by atoms with Crippen LogP contribution in [0.25, 0.3) is 22.8 Å². The van der Waals surface area contributed by atoms with Crippen molar-refractivity contribution in [2.45, 2.75) is 39.9 Å². The van der Waals surface area contributed by atoms with Crippen LogP contribution in [0.3, 0.4) is 0 Å². The van der Waals surface area contributed by atoms with Crippen LogP contribution in [0.2, 0.25) is 0 Å². The summed E-state index contributed by atoms with van der Waals surface area (Å²) in [6.45, 7) is 7.69. The van der Waals surface area contributed by atoms with E-state index in [1.54, 1.807) is 27.3 Å². The van der Waals surface area contributed by atoms with Gasteiger partial charge in [0, 0.05) is 32.3 Å². The second kappa shape index (κ2) is 13.6. The van der Waals surface area contributed by atoms with Crippen LogP contribution in [0.4, 0.5) is 0 Å². The van der Waals surface area contributed by atoms with Crippen LogP contribution in [0, 0.1) is 13.8 Å². The van der Waals surface area contributed by atoms with E-state index >= 15 is 0 Å². The molecule has 252 valence electrons. The summed E-state index contributed by atoms with van der Waals surface area (Å²) in [7, 11) is 5.25. The van der Waals surface area contributed by atoms with Gasteiger partial charge in [-0.3, -0.25) is 9.48 Å². The number of amides is 2. The first-order valence-electron chi connectivity index (χ1n) is 16.1. The summed E-state index contributed by atoms with van der Waals surface area (Å²) in [5, 5.41) is 7.15. The molecule has 0 saturated heterocycles. The second-order valence-corrected chi connectivity index (χ2v) is 12.0. The Morgan fingerprint density at radius 1 is 0.796 bits per heavy atom. The molecule has 12 heteroatoms. The minimum absolute atomic E-state index is 0.263. The monoisotopic (exact) mass is 661 g/mol. The molecular weight excluding hydrogens is 620 g/mol. The number of aryl methyl sites for hydroxylation is 3. The smallest absolute Gasteiger partial charge is 0.377 e. The van der Waals surface area contributed by atoms with Gasteiger partial charge in [0.15, 0.2) is 22.9 Å². The van der Waals surface area contributed by atoms with Crippen molar-refractivity contribution >= 4 is 11.8 Å². The van der Waals surface area contributed by atoms with Gasteiger partial charge in [-0.1, -0.05) is 65.5 Å². The number of ether oxygens (including phenoxy) is 2. The fourth-order valence-electron chi connectivity index (χ4n) is 5.89. The minimum atomic E-state index is -0.403. The molecule has 4 aromatic heterocycles. The Kier molecular flexibility index (Phi) is 9.12. The van der Waals surface area contributed by atoms with Crippen molar-refractivity contribution in [1.82, 2.24) is 29.9 Å². The van der Waals surface area contributed by atoms with Crippen LogP contribution in [0.15, 0.2) is 84.9 Å². The van der Waals surface area contributed by atoms with Crippen LogP contribution in [0.5, 0.6) is 11.5 Å². The highest BCUT2D eigenvalue weighted by atomic mass is 16.5. The SMILES string of the molecule is CNC(=O)c1[nH]c(-c2cc(C)n(NC(=O)c3[nH]c(-c4cc(C)nn4C)cc3OC(C)c3ccccc3)[n+]2C)cc1O[C@@H](C)c1ccccc1. The first-order valence-corrected chi connectivity index (χ1v) is 16.1. The van der Waals surface area contributed by atoms with Crippen LogP contribution in [0.1, 0.15) is 69.5 Å². The molecule has 12 nitrogen and oxygen atoms in total. The van der Waals surface area contributed by atoms with Crippen molar-refractivity contribution in [3.05, 3.63) is 119 Å². The highest BCUT2D eigenvalue weighted by Crippen LogP contribution is 2.33. The lowest BCUT2D eigenvalue weighted by Gasteiger charge is -2.15. The topological polar surface area (TPSA) is 135 Å². The summed E-state index contributed by atoms with van der Waals surface area (Å²) in [4.78, 5) is 35.0. The standard InChI is InChI=1S/C37H40N8O4/c1-22-18-30(43(6)41-22)28-20-33(49-25(4)27-16-12-9-13-17-27)35(39-28)37(47)42-45-23(2)19-31(44(45)7)29-21-32(34(40-29)36(46)38-5)48-24(3)26-14-10-8-11-15-26/h8-21,24-25H,1-7H3,(H3,38,39,41,42,46,47)/p+1/t24-,25?/m0/s1. The predicted octanol–water partition coefficient (Wildman–Crippen LogP) is 5.68. The number of aromatic amines is 2. The number of rotatable bonds is 11. The summed E-state index contributed by atoms with van der Waals surface area (Å²) >= 11 is 0. The van der Waals surface area contributed by atoms with Gasteiger partial charge in [0.2, 0.25) is 0 Å². The summed E-state index contributed by atoms with van der Waals surface area (Å²) in [6.07, 6.45) is -0.612. The molecular formula is C37H41N8O4+. The van der Waals surface area contributed by atoms with Crippen molar-refractivity contribution in [3.8, 4) is 34.3 Å². The number of hydrogen-bond acceptors (Lipinski definition) is 5. The van der Waals surface area contributed by atoms with Gasteiger partial charge in [-0.05, 0) is 44.9 Å². The number of nitrogens with one attached hydrogen (secondary N) is 4. The van der Waals surface area contributed by atoms with E-state index in [2.05, 4.69) is 25.8 Å². The Morgan fingerprint density at radius 3 is 1.86 bits per heavy atom. The van der Waals surface area contributed by atoms with Gasteiger partial charge < -0.3 is 24.8 Å². The average Bonchev–Trinajstić information content (AvgIpc) is 3.86. The van der Waals surface area contributed by atoms with Crippen molar-refractivity contribution < 1.29 is 23.7 Å². The number of carbonyl (C=O) groups excluding carboxylic acids is 2. The normalized spacial score (nSPS) is 12.4. The lowest BCUT2D eigenvalue weighted by molar-refractivity contribution is -0.738. The molecule has 2 atom stereocenters.